The third-order valence-corrected chi connectivity index (χ3v) is 5.15. The standard InChI is InChI=1S/C21H40O4/c1-2-3-4-5-6-7-8-9-10-11-12-13-14-18(23)20-15-16-21(25-20)19(24)17-22/h11-12,18-24H,2-10,13-17H2,1H3/b12-11+/t18-,19+,20-,21+/m0/s1. The molecule has 0 aliphatic carbocycles. The Hall–Kier alpha value is -0.420. The van der Waals surface area contributed by atoms with E-state index in [9.17, 15) is 10.2 Å². The molecule has 1 fully saturated rings. The van der Waals surface area contributed by atoms with E-state index in [0.29, 0.717) is 12.8 Å². The van der Waals surface area contributed by atoms with Crippen LogP contribution in [0, 0.1) is 0 Å². The van der Waals surface area contributed by atoms with Crippen molar-refractivity contribution in [1.29, 1.82) is 0 Å². The predicted molar refractivity (Wildman–Crippen MR) is 103 cm³/mol. The van der Waals surface area contributed by atoms with Crippen LogP contribution in [0.4, 0.5) is 0 Å². The number of allylic oxidation sites excluding steroid dienone is 2. The van der Waals surface area contributed by atoms with E-state index in [2.05, 4.69) is 19.1 Å². The Labute approximate surface area is 154 Å². The first kappa shape index (κ1) is 22.6. The Morgan fingerprint density at radius 2 is 1.40 bits per heavy atom. The van der Waals surface area contributed by atoms with Gasteiger partial charge in [-0.1, -0.05) is 64.0 Å². The highest BCUT2D eigenvalue weighted by molar-refractivity contribution is 4.86. The van der Waals surface area contributed by atoms with Crippen molar-refractivity contribution in [3.05, 3.63) is 12.2 Å². The summed E-state index contributed by atoms with van der Waals surface area (Å²) in [5, 5.41) is 28.7. The fourth-order valence-corrected chi connectivity index (χ4v) is 3.46. The van der Waals surface area contributed by atoms with Gasteiger partial charge in [-0.05, 0) is 38.5 Å². The fraction of sp³-hybridized carbons (Fsp3) is 0.905. The lowest BCUT2D eigenvalue weighted by molar-refractivity contribution is -0.0867. The van der Waals surface area contributed by atoms with Crippen molar-refractivity contribution < 1.29 is 20.1 Å². The average molecular weight is 357 g/mol. The zero-order chi connectivity index (χ0) is 18.3. The van der Waals surface area contributed by atoms with Crippen LogP contribution in [0.1, 0.15) is 90.4 Å². The molecule has 0 aromatic rings. The quantitative estimate of drug-likeness (QED) is 0.305. The molecule has 1 rings (SSSR count). The molecule has 25 heavy (non-hydrogen) atoms. The zero-order valence-corrected chi connectivity index (χ0v) is 16.1. The summed E-state index contributed by atoms with van der Waals surface area (Å²) in [6.45, 7) is 1.97. The van der Waals surface area contributed by atoms with Crippen molar-refractivity contribution in [2.45, 2.75) is 115 Å². The van der Waals surface area contributed by atoms with Crippen LogP contribution >= 0.6 is 0 Å². The average Bonchev–Trinajstić information content (AvgIpc) is 3.12. The molecular formula is C21H40O4. The number of hydrogen-bond donors (Lipinski definition) is 3. The highest BCUT2D eigenvalue weighted by Gasteiger charge is 2.33. The van der Waals surface area contributed by atoms with Crippen LogP contribution in [0.15, 0.2) is 12.2 Å². The molecule has 1 aliphatic heterocycles. The largest absolute Gasteiger partial charge is 0.394 e. The molecule has 4 heteroatoms. The third kappa shape index (κ3) is 10.3. The molecule has 1 aliphatic rings. The van der Waals surface area contributed by atoms with E-state index in [1.54, 1.807) is 0 Å². The molecule has 0 aromatic carbocycles. The monoisotopic (exact) mass is 356 g/mol. The van der Waals surface area contributed by atoms with Crippen LogP contribution in [0.5, 0.6) is 0 Å². The summed E-state index contributed by atoms with van der Waals surface area (Å²) in [4.78, 5) is 0. The highest BCUT2D eigenvalue weighted by atomic mass is 16.5. The smallest absolute Gasteiger partial charge is 0.103 e. The van der Waals surface area contributed by atoms with Crippen LogP contribution in [0.25, 0.3) is 0 Å². The maximum Gasteiger partial charge on any atom is 0.103 e. The molecule has 4 atom stereocenters. The van der Waals surface area contributed by atoms with Crippen molar-refractivity contribution in [2.24, 2.45) is 0 Å². The molecule has 0 spiro atoms. The number of unbranched alkanes of at least 4 members (excludes halogenated alkanes) is 8. The first-order valence-electron chi connectivity index (χ1n) is 10.5. The van der Waals surface area contributed by atoms with Crippen LogP contribution in [0.3, 0.4) is 0 Å². The van der Waals surface area contributed by atoms with E-state index in [-0.39, 0.29) is 18.8 Å². The molecule has 0 aromatic heterocycles. The number of hydrogen-bond acceptors (Lipinski definition) is 4. The van der Waals surface area contributed by atoms with E-state index < -0.39 is 12.2 Å². The molecule has 4 nitrogen and oxygen atoms in total. The van der Waals surface area contributed by atoms with Crippen LogP contribution < -0.4 is 0 Å². The Balaban J connectivity index is 1.95. The molecule has 0 saturated carbocycles. The van der Waals surface area contributed by atoms with Gasteiger partial charge in [-0.15, -0.1) is 0 Å². The molecular weight excluding hydrogens is 316 g/mol. The molecule has 1 heterocycles. The summed E-state index contributed by atoms with van der Waals surface area (Å²) in [5.41, 5.74) is 0. The lowest BCUT2D eigenvalue weighted by Gasteiger charge is -2.20. The lowest BCUT2D eigenvalue weighted by Crippen LogP contribution is -2.32. The second-order valence-electron chi connectivity index (χ2n) is 7.42. The Morgan fingerprint density at radius 3 is 2.04 bits per heavy atom. The van der Waals surface area contributed by atoms with Gasteiger partial charge in [0.25, 0.3) is 0 Å². The van der Waals surface area contributed by atoms with E-state index in [0.717, 1.165) is 19.3 Å². The molecule has 1 saturated heterocycles. The zero-order valence-electron chi connectivity index (χ0n) is 16.1. The normalized spacial score (nSPS) is 23.4. The molecule has 3 N–H and O–H groups in total. The number of aliphatic hydroxyl groups excluding tert-OH is 3. The summed E-state index contributed by atoms with van der Waals surface area (Å²) in [6.07, 6.45) is 17.5. The van der Waals surface area contributed by atoms with Gasteiger partial charge in [-0.25, -0.2) is 0 Å². The van der Waals surface area contributed by atoms with Gasteiger partial charge in [-0.3, -0.25) is 0 Å². The van der Waals surface area contributed by atoms with Crippen molar-refractivity contribution >= 4 is 0 Å². The summed E-state index contributed by atoms with van der Waals surface area (Å²) in [7, 11) is 0. The third-order valence-electron chi connectivity index (χ3n) is 5.15. The van der Waals surface area contributed by atoms with E-state index in [1.807, 2.05) is 0 Å². The Morgan fingerprint density at radius 1 is 0.840 bits per heavy atom. The van der Waals surface area contributed by atoms with Crippen molar-refractivity contribution in [3.63, 3.8) is 0 Å². The van der Waals surface area contributed by atoms with Gasteiger partial charge in [0.15, 0.2) is 0 Å². The van der Waals surface area contributed by atoms with Gasteiger partial charge in [0.05, 0.1) is 24.9 Å². The van der Waals surface area contributed by atoms with Crippen molar-refractivity contribution in [2.75, 3.05) is 6.61 Å². The molecule has 0 bridgehead atoms. The van der Waals surface area contributed by atoms with Gasteiger partial charge >= 0.3 is 0 Å². The highest BCUT2D eigenvalue weighted by Crippen LogP contribution is 2.26. The van der Waals surface area contributed by atoms with Crippen molar-refractivity contribution in [1.82, 2.24) is 0 Å². The second kappa shape index (κ2) is 14.7. The van der Waals surface area contributed by atoms with E-state index in [1.165, 1.54) is 51.4 Å². The summed E-state index contributed by atoms with van der Waals surface area (Å²) < 4.78 is 5.65. The first-order chi connectivity index (χ1) is 12.2. The van der Waals surface area contributed by atoms with Gasteiger partial charge in [0, 0.05) is 0 Å². The Bertz CT molecular complexity index is 332. The minimum absolute atomic E-state index is 0.202. The SMILES string of the molecule is CCCCCCCCCC/C=C/CC[C@H](O)[C@@H]1CC[C@H]([C@H](O)CO)O1. The minimum Gasteiger partial charge on any atom is -0.394 e. The maximum absolute atomic E-state index is 10.2. The van der Waals surface area contributed by atoms with E-state index >= 15 is 0 Å². The van der Waals surface area contributed by atoms with Gasteiger partial charge in [0.2, 0.25) is 0 Å². The van der Waals surface area contributed by atoms with Gasteiger partial charge < -0.3 is 20.1 Å². The Kier molecular flexibility index (Phi) is 13.3. The van der Waals surface area contributed by atoms with Gasteiger partial charge in [-0.2, -0.15) is 0 Å². The fourth-order valence-electron chi connectivity index (χ4n) is 3.46. The number of aliphatic hydroxyl groups is 3. The minimum atomic E-state index is -0.830. The summed E-state index contributed by atoms with van der Waals surface area (Å²) in [6, 6.07) is 0. The number of rotatable bonds is 15. The summed E-state index contributed by atoms with van der Waals surface area (Å²) >= 11 is 0. The number of ether oxygens (including phenoxy) is 1. The van der Waals surface area contributed by atoms with Gasteiger partial charge in [0.1, 0.15) is 6.10 Å². The first-order valence-corrected chi connectivity index (χ1v) is 10.5. The van der Waals surface area contributed by atoms with Crippen LogP contribution in [-0.2, 0) is 4.74 Å². The second-order valence-corrected chi connectivity index (χ2v) is 7.42. The van der Waals surface area contributed by atoms with E-state index in [4.69, 9.17) is 9.84 Å². The topological polar surface area (TPSA) is 69.9 Å². The molecule has 0 unspecified atom stereocenters. The molecule has 0 radical (unpaired) electrons. The van der Waals surface area contributed by atoms with Crippen LogP contribution in [0.2, 0.25) is 0 Å². The molecule has 0 amide bonds. The van der Waals surface area contributed by atoms with Crippen LogP contribution in [-0.4, -0.2) is 46.3 Å². The maximum atomic E-state index is 10.2. The predicted octanol–water partition coefficient (Wildman–Crippen LogP) is 4.12. The summed E-state index contributed by atoms with van der Waals surface area (Å²) in [5.74, 6) is 0. The molecule has 148 valence electrons. The van der Waals surface area contributed by atoms with Crippen molar-refractivity contribution in [3.8, 4) is 0 Å². The lowest BCUT2D eigenvalue weighted by atomic mass is 10.0.